The molecule has 2 saturated heterocycles. The second kappa shape index (κ2) is 10.9. The third kappa shape index (κ3) is 5.77. The minimum atomic E-state index is -0.274. The van der Waals surface area contributed by atoms with E-state index in [0.717, 1.165) is 36.3 Å². The Morgan fingerprint density at radius 3 is 2.74 bits per heavy atom. The number of benzene rings is 1. The number of hydrogen-bond donors (Lipinski definition) is 1. The molecule has 0 radical (unpaired) electrons. The van der Waals surface area contributed by atoms with Gasteiger partial charge in [-0.25, -0.2) is 0 Å². The maximum absolute atomic E-state index is 12.9. The van der Waals surface area contributed by atoms with E-state index in [2.05, 4.69) is 22.1 Å². The number of carbonyl (C=O) groups excluding carboxylic acids is 2. The molecule has 1 aromatic heterocycles. The summed E-state index contributed by atoms with van der Waals surface area (Å²) in [7, 11) is 1.55. The van der Waals surface area contributed by atoms with Crippen molar-refractivity contribution in [2.24, 2.45) is 5.92 Å². The highest BCUT2D eigenvalue weighted by Gasteiger charge is 2.33. The number of pyridine rings is 1. The van der Waals surface area contributed by atoms with Crippen LogP contribution in [0.3, 0.4) is 0 Å². The van der Waals surface area contributed by atoms with Crippen molar-refractivity contribution in [1.29, 1.82) is 0 Å². The van der Waals surface area contributed by atoms with Crippen molar-refractivity contribution >= 4 is 29.1 Å². The second-order valence-corrected chi connectivity index (χ2v) is 9.82. The van der Waals surface area contributed by atoms with Crippen LogP contribution < -0.4 is 10.1 Å². The van der Waals surface area contributed by atoms with Gasteiger partial charge in [0, 0.05) is 55.7 Å². The number of halogens is 1. The fraction of sp³-hybridized carbons (Fsp3) is 0.500. The number of amides is 2. The molecule has 3 heterocycles. The maximum Gasteiger partial charge on any atom is 0.257 e. The number of methoxy groups -OCH3 is 1. The average Bonchev–Trinajstić information content (AvgIpc) is 3.37. The summed E-state index contributed by atoms with van der Waals surface area (Å²) in [5.41, 5.74) is 3.81. The summed E-state index contributed by atoms with van der Waals surface area (Å²) in [5.74, 6) is 0.493. The lowest BCUT2D eigenvalue weighted by molar-refractivity contribution is -0.140. The van der Waals surface area contributed by atoms with E-state index in [1.807, 2.05) is 24.8 Å². The molecule has 4 rings (SSSR count). The van der Waals surface area contributed by atoms with Gasteiger partial charge in [-0.2, -0.15) is 0 Å². The topological polar surface area (TPSA) is 84.0 Å². The standard InChI is InChI=1S/C26H33ClN4O4/c1-16-13-30(6-7-31(16)26(33)19-5-8-35-15-19)14-21-9-22(27)11-23(17(21)2)29-25(32)20-10-24(34-4)18(3)28-12-20/h9-12,16,19H,5-8,13-15H2,1-4H3,(H,29,32)/t16-,19?/m0/s1. The third-order valence-electron chi connectivity index (χ3n) is 6.92. The van der Waals surface area contributed by atoms with Crippen LogP contribution in [-0.2, 0) is 16.1 Å². The first kappa shape index (κ1) is 25.4. The summed E-state index contributed by atoms with van der Waals surface area (Å²) in [6.07, 6.45) is 2.35. The molecular formula is C26H33ClN4O4. The number of piperazine rings is 1. The first-order chi connectivity index (χ1) is 16.8. The van der Waals surface area contributed by atoms with E-state index < -0.39 is 0 Å². The second-order valence-electron chi connectivity index (χ2n) is 9.38. The summed E-state index contributed by atoms with van der Waals surface area (Å²) >= 11 is 6.44. The quantitative estimate of drug-likeness (QED) is 0.651. The summed E-state index contributed by atoms with van der Waals surface area (Å²) in [6.45, 7) is 10.1. The van der Waals surface area contributed by atoms with Gasteiger partial charge in [0.2, 0.25) is 5.91 Å². The molecule has 1 N–H and O–H groups in total. The first-order valence-electron chi connectivity index (χ1n) is 12.0. The minimum absolute atomic E-state index is 0.00552. The van der Waals surface area contributed by atoms with Crippen LogP contribution in [0.4, 0.5) is 5.69 Å². The smallest absolute Gasteiger partial charge is 0.257 e. The Morgan fingerprint density at radius 1 is 1.26 bits per heavy atom. The van der Waals surface area contributed by atoms with Crippen LogP contribution in [0.5, 0.6) is 5.75 Å². The molecule has 2 aliphatic rings. The van der Waals surface area contributed by atoms with Crippen molar-refractivity contribution in [3.05, 3.63) is 51.8 Å². The predicted molar refractivity (Wildman–Crippen MR) is 135 cm³/mol. The largest absolute Gasteiger partial charge is 0.495 e. The Morgan fingerprint density at radius 2 is 2.06 bits per heavy atom. The molecule has 35 heavy (non-hydrogen) atoms. The van der Waals surface area contributed by atoms with Crippen LogP contribution in [0.1, 0.15) is 40.5 Å². The van der Waals surface area contributed by atoms with Crippen molar-refractivity contribution in [1.82, 2.24) is 14.8 Å². The normalized spacial score (nSPS) is 20.7. The van der Waals surface area contributed by atoms with Crippen LogP contribution >= 0.6 is 11.6 Å². The van der Waals surface area contributed by atoms with E-state index in [1.54, 1.807) is 19.2 Å². The van der Waals surface area contributed by atoms with Gasteiger partial charge in [0.05, 0.1) is 30.9 Å². The molecule has 2 aromatic rings. The van der Waals surface area contributed by atoms with Crippen molar-refractivity contribution in [2.45, 2.75) is 39.8 Å². The van der Waals surface area contributed by atoms with Gasteiger partial charge in [-0.15, -0.1) is 0 Å². The predicted octanol–water partition coefficient (Wildman–Crippen LogP) is 3.68. The summed E-state index contributed by atoms with van der Waals surface area (Å²) in [4.78, 5) is 34.3. The summed E-state index contributed by atoms with van der Waals surface area (Å²) in [5, 5.41) is 3.53. The number of ether oxygens (including phenoxy) is 2. The monoisotopic (exact) mass is 500 g/mol. The van der Waals surface area contributed by atoms with Crippen molar-refractivity contribution in [3.63, 3.8) is 0 Å². The van der Waals surface area contributed by atoms with Gasteiger partial charge in [-0.1, -0.05) is 11.6 Å². The van der Waals surface area contributed by atoms with Gasteiger partial charge < -0.3 is 19.7 Å². The van der Waals surface area contributed by atoms with E-state index >= 15 is 0 Å². The van der Waals surface area contributed by atoms with Gasteiger partial charge in [0.15, 0.2) is 0 Å². The number of carbonyl (C=O) groups is 2. The molecule has 2 aliphatic heterocycles. The van der Waals surface area contributed by atoms with Crippen molar-refractivity contribution < 1.29 is 19.1 Å². The summed E-state index contributed by atoms with van der Waals surface area (Å²) < 4.78 is 10.7. The highest BCUT2D eigenvalue weighted by molar-refractivity contribution is 6.31. The van der Waals surface area contributed by atoms with E-state index in [4.69, 9.17) is 21.1 Å². The zero-order chi connectivity index (χ0) is 25.1. The third-order valence-corrected chi connectivity index (χ3v) is 7.14. The molecule has 2 amide bonds. The Hall–Kier alpha value is -2.68. The van der Waals surface area contributed by atoms with Crippen LogP contribution in [0, 0.1) is 19.8 Å². The van der Waals surface area contributed by atoms with Gasteiger partial charge in [-0.3, -0.25) is 19.5 Å². The number of hydrogen-bond acceptors (Lipinski definition) is 6. The Bertz CT molecular complexity index is 1100. The highest BCUT2D eigenvalue weighted by atomic mass is 35.5. The van der Waals surface area contributed by atoms with Crippen molar-refractivity contribution in [3.8, 4) is 5.75 Å². The zero-order valence-electron chi connectivity index (χ0n) is 20.8. The van der Waals surface area contributed by atoms with Crippen molar-refractivity contribution in [2.75, 3.05) is 45.3 Å². The van der Waals surface area contributed by atoms with E-state index in [0.29, 0.717) is 48.3 Å². The lowest BCUT2D eigenvalue weighted by atomic mass is 10.0. The van der Waals surface area contributed by atoms with Gasteiger partial charge in [0.25, 0.3) is 5.91 Å². The zero-order valence-corrected chi connectivity index (χ0v) is 21.5. The number of aromatic nitrogens is 1. The minimum Gasteiger partial charge on any atom is -0.495 e. The van der Waals surface area contributed by atoms with E-state index in [1.165, 1.54) is 6.20 Å². The number of anilines is 1. The number of nitrogens with zero attached hydrogens (tertiary/aromatic N) is 3. The molecule has 188 valence electrons. The van der Waals surface area contributed by atoms with Crippen LogP contribution in [-0.4, -0.2) is 72.6 Å². The SMILES string of the molecule is COc1cc(C(=O)Nc2cc(Cl)cc(CN3CCN(C(=O)C4CCOC4)[C@@H](C)C3)c2C)cnc1C. The molecule has 2 fully saturated rings. The molecule has 0 saturated carbocycles. The summed E-state index contributed by atoms with van der Waals surface area (Å²) in [6, 6.07) is 5.51. The number of aryl methyl sites for hydroxylation is 1. The number of rotatable bonds is 6. The average molecular weight is 501 g/mol. The Labute approximate surface area is 211 Å². The maximum atomic E-state index is 12.9. The van der Waals surface area contributed by atoms with Crippen LogP contribution in [0.2, 0.25) is 5.02 Å². The Kier molecular flexibility index (Phi) is 7.94. The number of nitrogens with one attached hydrogen (secondary N) is 1. The van der Waals surface area contributed by atoms with Gasteiger partial charge >= 0.3 is 0 Å². The molecule has 1 aromatic carbocycles. The first-order valence-corrected chi connectivity index (χ1v) is 12.4. The molecule has 0 spiro atoms. The van der Waals surface area contributed by atoms with E-state index in [9.17, 15) is 9.59 Å². The molecule has 0 aliphatic carbocycles. The molecule has 8 nitrogen and oxygen atoms in total. The molecular weight excluding hydrogens is 468 g/mol. The molecule has 1 unspecified atom stereocenters. The Balaban J connectivity index is 1.43. The van der Waals surface area contributed by atoms with E-state index in [-0.39, 0.29) is 23.8 Å². The lowest BCUT2D eigenvalue weighted by Crippen LogP contribution is -2.55. The lowest BCUT2D eigenvalue weighted by Gasteiger charge is -2.41. The molecule has 0 bridgehead atoms. The van der Waals surface area contributed by atoms with Crippen LogP contribution in [0.25, 0.3) is 0 Å². The van der Waals surface area contributed by atoms with Gasteiger partial charge in [0.1, 0.15) is 5.75 Å². The molecule has 2 atom stereocenters. The fourth-order valence-corrected chi connectivity index (χ4v) is 5.02. The molecule has 9 heteroatoms. The highest BCUT2D eigenvalue weighted by Crippen LogP contribution is 2.28. The fourth-order valence-electron chi connectivity index (χ4n) is 4.78. The van der Waals surface area contributed by atoms with Crippen LogP contribution in [0.15, 0.2) is 24.4 Å². The van der Waals surface area contributed by atoms with Gasteiger partial charge in [-0.05, 0) is 56.5 Å².